The fourth-order valence-electron chi connectivity index (χ4n) is 2.29. The largest absolute Gasteiger partial charge is 0.395 e. The molecule has 1 unspecified atom stereocenters. The Hall–Kier alpha value is -0.670. The number of nitrogens with zero attached hydrogens (tertiary/aromatic N) is 2. The van der Waals surface area contributed by atoms with Crippen molar-refractivity contribution in [3.63, 3.8) is 0 Å². The van der Waals surface area contributed by atoms with Crippen molar-refractivity contribution in [2.75, 3.05) is 19.7 Å². The van der Waals surface area contributed by atoms with Gasteiger partial charge in [-0.25, -0.2) is 0 Å². The molecule has 1 aliphatic rings. The van der Waals surface area contributed by atoms with Crippen LogP contribution >= 0.6 is 0 Å². The van der Waals surface area contributed by atoms with E-state index in [1.807, 2.05) is 6.21 Å². The number of hydrogen-bond donors (Lipinski definition) is 1. The lowest BCUT2D eigenvalue weighted by Gasteiger charge is -2.21. The summed E-state index contributed by atoms with van der Waals surface area (Å²) in [6.07, 6.45) is 15.6. The summed E-state index contributed by atoms with van der Waals surface area (Å²) in [5.41, 5.74) is 0. The molecule has 1 heterocycles. The molecule has 3 heteroatoms. The van der Waals surface area contributed by atoms with Crippen LogP contribution < -0.4 is 0 Å². The highest BCUT2D eigenvalue weighted by Gasteiger charge is 2.18. The van der Waals surface area contributed by atoms with Crippen molar-refractivity contribution in [2.45, 2.75) is 58.0 Å². The van der Waals surface area contributed by atoms with Gasteiger partial charge in [-0.15, -0.1) is 0 Å². The molecule has 3 nitrogen and oxygen atoms in total. The second-order valence-corrected chi connectivity index (χ2v) is 4.93. The summed E-state index contributed by atoms with van der Waals surface area (Å²) in [6.45, 7) is 4.11. The summed E-state index contributed by atoms with van der Waals surface area (Å²) in [6, 6.07) is 0. The lowest BCUT2D eigenvalue weighted by Crippen LogP contribution is -2.32. The van der Waals surface area contributed by atoms with Crippen molar-refractivity contribution in [1.29, 1.82) is 0 Å². The number of unbranched alkanes of at least 4 members (excludes halogenated alkanes) is 4. The highest BCUT2D eigenvalue weighted by molar-refractivity contribution is 5.62. The predicted octanol–water partition coefficient (Wildman–Crippen LogP) is 3.00. The molecule has 1 rings (SSSR count). The van der Waals surface area contributed by atoms with Crippen LogP contribution in [0.2, 0.25) is 0 Å². The Balaban J connectivity index is 2.02. The number of rotatable bonds is 10. The van der Waals surface area contributed by atoms with E-state index >= 15 is 0 Å². The van der Waals surface area contributed by atoms with E-state index in [4.69, 9.17) is 5.11 Å². The van der Waals surface area contributed by atoms with Gasteiger partial charge in [-0.1, -0.05) is 38.3 Å². The van der Waals surface area contributed by atoms with Crippen LogP contribution in [-0.2, 0) is 0 Å². The summed E-state index contributed by atoms with van der Waals surface area (Å²) >= 11 is 0. The van der Waals surface area contributed by atoms with Gasteiger partial charge in [0.2, 0.25) is 0 Å². The third kappa shape index (κ3) is 6.31. The third-order valence-electron chi connectivity index (χ3n) is 3.38. The van der Waals surface area contributed by atoms with E-state index in [1.165, 1.54) is 32.1 Å². The van der Waals surface area contributed by atoms with Gasteiger partial charge in [-0.2, -0.15) is 0 Å². The Morgan fingerprint density at radius 1 is 1.28 bits per heavy atom. The van der Waals surface area contributed by atoms with Crippen LogP contribution in [0.1, 0.15) is 51.9 Å². The van der Waals surface area contributed by atoms with E-state index in [0.29, 0.717) is 6.17 Å². The molecule has 0 aromatic rings. The first-order chi connectivity index (χ1) is 8.88. The number of hydrogen-bond acceptors (Lipinski definition) is 3. The van der Waals surface area contributed by atoms with Crippen molar-refractivity contribution in [2.24, 2.45) is 4.99 Å². The number of aliphatic hydroxyl groups is 1. The Morgan fingerprint density at radius 3 is 2.89 bits per heavy atom. The standard InChI is InChI=1S/C15H28N2O/c1-2-3-4-5-6-7-8-9-10-15-16-11-12-17(15)13-14-18/h7-8,11,15,18H,2-6,9-10,12-14H2,1H3/b8-7+. The molecule has 0 aromatic carbocycles. The molecule has 0 saturated carbocycles. The van der Waals surface area contributed by atoms with Crippen LogP contribution in [-0.4, -0.2) is 42.1 Å². The molecule has 0 bridgehead atoms. The van der Waals surface area contributed by atoms with Gasteiger partial charge < -0.3 is 5.11 Å². The van der Waals surface area contributed by atoms with Gasteiger partial charge in [0.05, 0.1) is 6.61 Å². The lowest BCUT2D eigenvalue weighted by atomic mass is 10.1. The first-order valence-corrected chi connectivity index (χ1v) is 7.40. The van der Waals surface area contributed by atoms with Crippen LogP contribution in [0, 0.1) is 0 Å². The van der Waals surface area contributed by atoms with Crippen LogP contribution in [0.3, 0.4) is 0 Å². The van der Waals surface area contributed by atoms with E-state index in [-0.39, 0.29) is 6.61 Å². The molecule has 0 spiro atoms. The summed E-state index contributed by atoms with van der Waals surface area (Å²) in [5, 5.41) is 8.95. The molecular formula is C15H28N2O. The van der Waals surface area contributed by atoms with Crippen LogP contribution in [0.15, 0.2) is 17.1 Å². The molecule has 0 fully saturated rings. The lowest BCUT2D eigenvalue weighted by molar-refractivity contribution is 0.179. The predicted molar refractivity (Wildman–Crippen MR) is 78.1 cm³/mol. The zero-order valence-corrected chi connectivity index (χ0v) is 11.7. The van der Waals surface area contributed by atoms with Gasteiger partial charge >= 0.3 is 0 Å². The summed E-state index contributed by atoms with van der Waals surface area (Å²) in [4.78, 5) is 6.68. The van der Waals surface area contributed by atoms with Crippen LogP contribution in [0.25, 0.3) is 0 Å². The fraction of sp³-hybridized carbons (Fsp3) is 0.800. The van der Waals surface area contributed by atoms with Gasteiger partial charge in [0, 0.05) is 19.3 Å². The first-order valence-electron chi connectivity index (χ1n) is 7.40. The average Bonchev–Trinajstić information content (AvgIpc) is 2.81. The monoisotopic (exact) mass is 252 g/mol. The average molecular weight is 252 g/mol. The maximum atomic E-state index is 8.95. The van der Waals surface area contributed by atoms with Gasteiger partial charge in [0.15, 0.2) is 0 Å². The van der Waals surface area contributed by atoms with E-state index in [2.05, 4.69) is 29.0 Å². The summed E-state index contributed by atoms with van der Waals surface area (Å²) in [7, 11) is 0. The molecule has 104 valence electrons. The molecule has 1 atom stereocenters. The van der Waals surface area contributed by atoms with Crippen LogP contribution in [0.5, 0.6) is 0 Å². The number of aliphatic hydroxyl groups excluding tert-OH is 1. The maximum Gasteiger partial charge on any atom is 0.102 e. The van der Waals surface area contributed by atoms with Crippen molar-refractivity contribution < 1.29 is 5.11 Å². The Morgan fingerprint density at radius 2 is 2.11 bits per heavy atom. The second kappa shape index (κ2) is 10.3. The van der Waals surface area contributed by atoms with Crippen molar-refractivity contribution >= 4 is 6.21 Å². The zero-order valence-electron chi connectivity index (χ0n) is 11.7. The van der Waals surface area contributed by atoms with Crippen molar-refractivity contribution in [1.82, 2.24) is 4.90 Å². The molecular weight excluding hydrogens is 224 g/mol. The van der Waals surface area contributed by atoms with Crippen molar-refractivity contribution in [3.8, 4) is 0 Å². The third-order valence-corrected chi connectivity index (χ3v) is 3.38. The number of aliphatic imine (C=N–C) groups is 1. The molecule has 0 radical (unpaired) electrons. The topological polar surface area (TPSA) is 35.8 Å². The molecule has 1 N–H and O–H groups in total. The van der Waals surface area contributed by atoms with Gasteiger partial charge in [-0.05, 0) is 25.7 Å². The number of allylic oxidation sites excluding steroid dienone is 2. The zero-order chi connectivity index (χ0) is 13.1. The fourth-order valence-corrected chi connectivity index (χ4v) is 2.29. The SMILES string of the molecule is CCCCCC/C=C/CCC1N=CCN1CCO. The number of β-amino-alcohol motifs (C(OH)–C–C–N with tert-alkyl or cyclic N) is 1. The minimum Gasteiger partial charge on any atom is -0.395 e. The van der Waals surface area contributed by atoms with E-state index in [1.54, 1.807) is 0 Å². The molecule has 18 heavy (non-hydrogen) atoms. The molecule has 0 aromatic heterocycles. The Labute approximate surface area is 112 Å². The summed E-state index contributed by atoms with van der Waals surface area (Å²) in [5.74, 6) is 0. The highest BCUT2D eigenvalue weighted by Crippen LogP contribution is 2.13. The van der Waals surface area contributed by atoms with Crippen LogP contribution in [0.4, 0.5) is 0 Å². The smallest absolute Gasteiger partial charge is 0.102 e. The maximum absolute atomic E-state index is 8.95. The molecule has 1 aliphatic heterocycles. The van der Waals surface area contributed by atoms with Gasteiger partial charge in [0.1, 0.15) is 6.17 Å². The van der Waals surface area contributed by atoms with E-state index in [0.717, 1.165) is 25.9 Å². The Kier molecular flexibility index (Phi) is 8.78. The van der Waals surface area contributed by atoms with Gasteiger partial charge in [0.25, 0.3) is 0 Å². The first kappa shape index (κ1) is 15.4. The van der Waals surface area contributed by atoms with E-state index < -0.39 is 0 Å². The van der Waals surface area contributed by atoms with Crippen molar-refractivity contribution in [3.05, 3.63) is 12.2 Å². The summed E-state index contributed by atoms with van der Waals surface area (Å²) < 4.78 is 0. The quantitative estimate of drug-likeness (QED) is 0.479. The van der Waals surface area contributed by atoms with Gasteiger partial charge in [-0.3, -0.25) is 9.89 Å². The molecule has 0 saturated heterocycles. The minimum atomic E-state index is 0.229. The molecule has 0 aliphatic carbocycles. The normalized spacial score (nSPS) is 20.2. The molecule has 0 amide bonds. The Bertz CT molecular complexity index is 251. The van der Waals surface area contributed by atoms with E-state index in [9.17, 15) is 0 Å². The highest BCUT2D eigenvalue weighted by atomic mass is 16.3. The minimum absolute atomic E-state index is 0.229. The second-order valence-electron chi connectivity index (χ2n) is 4.93.